The molecule has 0 aromatic heterocycles. The van der Waals surface area contributed by atoms with E-state index < -0.39 is 0 Å². The Morgan fingerprint density at radius 3 is 2.56 bits per heavy atom. The summed E-state index contributed by atoms with van der Waals surface area (Å²) >= 11 is 0. The Morgan fingerprint density at radius 2 is 2.00 bits per heavy atom. The quantitative estimate of drug-likeness (QED) is 0.850. The zero-order chi connectivity index (χ0) is 11.7. The summed E-state index contributed by atoms with van der Waals surface area (Å²) in [7, 11) is 2.05. The van der Waals surface area contributed by atoms with Gasteiger partial charge in [0.15, 0.2) is 0 Å². The van der Waals surface area contributed by atoms with Crippen molar-refractivity contribution in [2.75, 3.05) is 7.05 Å². The number of nitrogens with zero attached hydrogens (tertiary/aromatic N) is 1. The first-order chi connectivity index (χ1) is 7.59. The van der Waals surface area contributed by atoms with E-state index >= 15 is 0 Å². The first kappa shape index (κ1) is 11.6. The standard InChI is InChI=1S/C13H19FN2/c1-9(12-5-3-4-6-13(12)14)16(2)11-7-10(15)8-11/h3-6,9-11H,7-8,15H2,1-2H3. The van der Waals surface area contributed by atoms with Crippen LogP contribution in [0.2, 0.25) is 0 Å². The van der Waals surface area contributed by atoms with Crippen LogP contribution < -0.4 is 5.73 Å². The van der Waals surface area contributed by atoms with E-state index in [-0.39, 0.29) is 11.9 Å². The molecule has 88 valence electrons. The summed E-state index contributed by atoms with van der Waals surface area (Å²) in [4.78, 5) is 2.22. The van der Waals surface area contributed by atoms with Crippen LogP contribution in [0, 0.1) is 5.82 Å². The molecular formula is C13H19FN2. The van der Waals surface area contributed by atoms with Crippen LogP contribution in [0.5, 0.6) is 0 Å². The van der Waals surface area contributed by atoms with Gasteiger partial charge in [0.05, 0.1) is 0 Å². The molecule has 1 aliphatic rings. The lowest BCUT2D eigenvalue weighted by atomic mass is 9.85. The van der Waals surface area contributed by atoms with Gasteiger partial charge in [-0.1, -0.05) is 18.2 Å². The van der Waals surface area contributed by atoms with Crippen molar-refractivity contribution >= 4 is 0 Å². The van der Waals surface area contributed by atoms with E-state index in [1.54, 1.807) is 6.07 Å². The number of hydrogen-bond acceptors (Lipinski definition) is 2. The van der Waals surface area contributed by atoms with E-state index in [0.29, 0.717) is 12.1 Å². The van der Waals surface area contributed by atoms with Crippen molar-refractivity contribution in [3.05, 3.63) is 35.6 Å². The lowest BCUT2D eigenvalue weighted by Gasteiger charge is -2.42. The van der Waals surface area contributed by atoms with Gasteiger partial charge >= 0.3 is 0 Å². The first-order valence-electron chi connectivity index (χ1n) is 5.81. The zero-order valence-corrected chi connectivity index (χ0v) is 9.86. The molecule has 0 amide bonds. The van der Waals surface area contributed by atoms with Gasteiger partial charge in [-0.15, -0.1) is 0 Å². The lowest BCUT2D eigenvalue weighted by molar-refractivity contribution is 0.101. The van der Waals surface area contributed by atoms with Gasteiger partial charge in [0.2, 0.25) is 0 Å². The van der Waals surface area contributed by atoms with Crippen LogP contribution in [0.25, 0.3) is 0 Å². The molecule has 3 heteroatoms. The van der Waals surface area contributed by atoms with E-state index in [1.807, 2.05) is 26.1 Å². The van der Waals surface area contributed by atoms with Crippen LogP contribution in [0.1, 0.15) is 31.4 Å². The summed E-state index contributed by atoms with van der Waals surface area (Å²) in [6.07, 6.45) is 2.05. The van der Waals surface area contributed by atoms with E-state index in [2.05, 4.69) is 4.90 Å². The fourth-order valence-electron chi connectivity index (χ4n) is 2.31. The highest BCUT2D eigenvalue weighted by molar-refractivity contribution is 5.21. The van der Waals surface area contributed by atoms with Gasteiger partial charge in [0.25, 0.3) is 0 Å². The molecule has 1 aromatic carbocycles. The van der Waals surface area contributed by atoms with Gasteiger partial charge in [-0.05, 0) is 32.9 Å². The fraction of sp³-hybridized carbons (Fsp3) is 0.538. The van der Waals surface area contributed by atoms with Gasteiger partial charge in [-0.2, -0.15) is 0 Å². The minimum absolute atomic E-state index is 0.110. The topological polar surface area (TPSA) is 29.3 Å². The third-order valence-corrected chi connectivity index (χ3v) is 3.69. The van der Waals surface area contributed by atoms with Crippen molar-refractivity contribution < 1.29 is 4.39 Å². The zero-order valence-electron chi connectivity index (χ0n) is 9.86. The molecule has 2 rings (SSSR count). The van der Waals surface area contributed by atoms with Crippen LogP contribution in [0.15, 0.2) is 24.3 Å². The molecule has 1 aliphatic carbocycles. The molecule has 1 saturated carbocycles. The fourth-order valence-corrected chi connectivity index (χ4v) is 2.31. The average molecular weight is 222 g/mol. The van der Waals surface area contributed by atoms with Crippen LogP contribution in [-0.4, -0.2) is 24.0 Å². The van der Waals surface area contributed by atoms with Crippen molar-refractivity contribution in [1.82, 2.24) is 4.90 Å². The van der Waals surface area contributed by atoms with E-state index in [1.165, 1.54) is 6.07 Å². The molecule has 0 radical (unpaired) electrons. The van der Waals surface area contributed by atoms with Gasteiger partial charge in [0.1, 0.15) is 5.82 Å². The molecule has 0 spiro atoms. The largest absolute Gasteiger partial charge is 0.328 e. The molecule has 16 heavy (non-hydrogen) atoms. The highest BCUT2D eigenvalue weighted by Gasteiger charge is 2.32. The Hall–Kier alpha value is -0.930. The number of nitrogens with two attached hydrogens (primary N) is 1. The molecule has 0 heterocycles. The SMILES string of the molecule is CC(c1ccccc1F)N(C)C1CC(N)C1. The van der Waals surface area contributed by atoms with E-state index in [4.69, 9.17) is 5.73 Å². The number of halogens is 1. The van der Waals surface area contributed by atoms with Crippen molar-refractivity contribution in [3.8, 4) is 0 Å². The van der Waals surface area contributed by atoms with E-state index in [0.717, 1.165) is 18.4 Å². The van der Waals surface area contributed by atoms with Gasteiger partial charge in [-0.25, -0.2) is 4.39 Å². The molecule has 2 N–H and O–H groups in total. The second-order valence-electron chi connectivity index (χ2n) is 4.75. The van der Waals surface area contributed by atoms with Crippen LogP contribution in [0.3, 0.4) is 0 Å². The second-order valence-corrected chi connectivity index (χ2v) is 4.75. The Morgan fingerprint density at radius 1 is 1.38 bits per heavy atom. The highest BCUT2D eigenvalue weighted by atomic mass is 19.1. The Balaban J connectivity index is 2.07. The summed E-state index contributed by atoms with van der Waals surface area (Å²) in [6, 6.07) is 7.94. The monoisotopic (exact) mass is 222 g/mol. The van der Waals surface area contributed by atoms with Gasteiger partial charge < -0.3 is 5.73 Å². The third-order valence-electron chi connectivity index (χ3n) is 3.69. The average Bonchev–Trinajstić information content (AvgIpc) is 2.24. The molecule has 1 unspecified atom stereocenters. The first-order valence-corrected chi connectivity index (χ1v) is 5.81. The summed E-state index contributed by atoms with van der Waals surface area (Å²) in [5, 5.41) is 0. The van der Waals surface area contributed by atoms with Gasteiger partial charge in [0, 0.05) is 23.7 Å². The highest BCUT2D eigenvalue weighted by Crippen LogP contribution is 2.30. The smallest absolute Gasteiger partial charge is 0.127 e. The Labute approximate surface area is 96.2 Å². The minimum Gasteiger partial charge on any atom is -0.328 e. The number of rotatable bonds is 3. The molecule has 0 saturated heterocycles. The molecule has 0 bridgehead atoms. The maximum Gasteiger partial charge on any atom is 0.127 e. The predicted octanol–water partition coefficient (Wildman–Crippen LogP) is 2.31. The maximum atomic E-state index is 13.6. The van der Waals surface area contributed by atoms with Crippen molar-refractivity contribution in [2.24, 2.45) is 5.73 Å². The minimum atomic E-state index is -0.120. The molecule has 1 aromatic rings. The van der Waals surface area contributed by atoms with Crippen LogP contribution in [0.4, 0.5) is 4.39 Å². The summed E-state index contributed by atoms with van der Waals surface area (Å²) < 4.78 is 13.6. The molecule has 1 atom stereocenters. The van der Waals surface area contributed by atoms with Crippen molar-refractivity contribution in [1.29, 1.82) is 0 Å². The molecule has 2 nitrogen and oxygen atoms in total. The predicted molar refractivity (Wildman–Crippen MR) is 63.6 cm³/mol. The number of hydrogen-bond donors (Lipinski definition) is 1. The maximum absolute atomic E-state index is 13.6. The Kier molecular flexibility index (Phi) is 3.26. The Bertz CT molecular complexity index is 361. The van der Waals surface area contributed by atoms with Crippen molar-refractivity contribution in [3.63, 3.8) is 0 Å². The van der Waals surface area contributed by atoms with Crippen molar-refractivity contribution in [2.45, 2.75) is 37.9 Å². The molecule has 1 fully saturated rings. The molecular weight excluding hydrogens is 203 g/mol. The lowest BCUT2D eigenvalue weighted by Crippen LogP contribution is -2.49. The normalized spacial score (nSPS) is 26.6. The van der Waals surface area contributed by atoms with Crippen LogP contribution >= 0.6 is 0 Å². The van der Waals surface area contributed by atoms with E-state index in [9.17, 15) is 4.39 Å². The van der Waals surface area contributed by atoms with Crippen LogP contribution in [-0.2, 0) is 0 Å². The summed E-state index contributed by atoms with van der Waals surface area (Å²) in [5.41, 5.74) is 6.54. The number of benzene rings is 1. The molecule has 0 aliphatic heterocycles. The van der Waals surface area contributed by atoms with Gasteiger partial charge in [-0.3, -0.25) is 4.90 Å². The summed E-state index contributed by atoms with van der Waals surface area (Å²) in [5.74, 6) is -0.120. The third kappa shape index (κ3) is 2.11. The second kappa shape index (κ2) is 4.52. The summed E-state index contributed by atoms with van der Waals surface area (Å²) in [6.45, 7) is 2.04.